The van der Waals surface area contributed by atoms with Gasteiger partial charge in [-0.25, -0.2) is 4.39 Å². The van der Waals surface area contributed by atoms with Crippen molar-refractivity contribution in [1.29, 1.82) is 0 Å². The molecule has 8 nitrogen and oxygen atoms in total. The predicted octanol–water partition coefficient (Wildman–Crippen LogP) is 4.56. The molecule has 0 saturated carbocycles. The SMILES string of the molecule is C=C(F)C(=O)N1CCN(c2nc(OC3CN(C)CC3C)nc3c2COC(c2cccc4cccc(Cl)c24)C3)CC1. The maximum atomic E-state index is 13.5. The number of benzene rings is 2. The van der Waals surface area contributed by atoms with Crippen molar-refractivity contribution in [2.24, 2.45) is 5.92 Å². The van der Waals surface area contributed by atoms with Crippen LogP contribution in [0.25, 0.3) is 10.8 Å². The van der Waals surface area contributed by atoms with E-state index in [9.17, 15) is 9.18 Å². The highest BCUT2D eigenvalue weighted by Gasteiger charge is 2.34. The first-order valence-corrected chi connectivity index (χ1v) is 14.1. The second kappa shape index (κ2) is 11.0. The number of anilines is 1. The van der Waals surface area contributed by atoms with Crippen LogP contribution < -0.4 is 9.64 Å². The number of amides is 1. The van der Waals surface area contributed by atoms with Gasteiger partial charge in [-0.3, -0.25) is 4.79 Å². The molecule has 6 rings (SSSR count). The highest BCUT2D eigenvalue weighted by molar-refractivity contribution is 6.35. The van der Waals surface area contributed by atoms with E-state index in [4.69, 9.17) is 31.0 Å². The van der Waals surface area contributed by atoms with Crippen LogP contribution in [-0.4, -0.2) is 78.1 Å². The van der Waals surface area contributed by atoms with Gasteiger partial charge in [0.25, 0.3) is 5.91 Å². The second-order valence-corrected chi connectivity index (χ2v) is 11.4. The molecule has 3 aromatic rings. The molecule has 2 saturated heterocycles. The number of likely N-dealkylation sites (tertiary alicyclic amines) is 1. The number of carbonyl (C=O) groups excluding carboxylic acids is 1. The molecule has 210 valence electrons. The topological polar surface area (TPSA) is 71.0 Å². The van der Waals surface area contributed by atoms with E-state index >= 15 is 0 Å². The first-order chi connectivity index (χ1) is 19.3. The van der Waals surface area contributed by atoms with Gasteiger partial charge in [0.2, 0.25) is 0 Å². The first kappa shape index (κ1) is 26.9. The normalized spacial score (nSPS) is 23.4. The third-order valence-electron chi connectivity index (χ3n) is 8.17. The molecule has 0 N–H and O–H groups in total. The van der Waals surface area contributed by atoms with Crippen LogP contribution >= 0.6 is 11.6 Å². The largest absolute Gasteiger partial charge is 0.458 e. The molecule has 1 aromatic heterocycles. The van der Waals surface area contributed by atoms with Gasteiger partial charge in [0.1, 0.15) is 11.9 Å². The highest BCUT2D eigenvalue weighted by Crippen LogP contribution is 2.39. The summed E-state index contributed by atoms with van der Waals surface area (Å²) in [5.74, 6) is -0.496. The molecule has 10 heteroatoms. The van der Waals surface area contributed by atoms with Crippen LogP contribution in [0.5, 0.6) is 6.01 Å². The summed E-state index contributed by atoms with van der Waals surface area (Å²) in [4.78, 5) is 27.8. The van der Waals surface area contributed by atoms with Crippen molar-refractivity contribution >= 4 is 34.1 Å². The van der Waals surface area contributed by atoms with Crippen LogP contribution in [0.3, 0.4) is 0 Å². The Morgan fingerprint density at radius 1 is 1.12 bits per heavy atom. The lowest BCUT2D eigenvalue weighted by atomic mass is 9.94. The predicted molar refractivity (Wildman–Crippen MR) is 152 cm³/mol. The minimum Gasteiger partial charge on any atom is -0.458 e. The number of ether oxygens (including phenoxy) is 2. The Bertz CT molecular complexity index is 1460. The van der Waals surface area contributed by atoms with E-state index < -0.39 is 11.7 Å². The number of fused-ring (bicyclic) bond motifs is 2. The Kier molecular flexibility index (Phi) is 7.37. The third-order valence-corrected chi connectivity index (χ3v) is 8.49. The maximum Gasteiger partial charge on any atom is 0.318 e. The smallest absolute Gasteiger partial charge is 0.318 e. The Balaban J connectivity index is 1.33. The average molecular weight is 566 g/mol. The molecule has 40 heavy (non-hydrogen) atoms. The molecular weight excluding hydrogens is 533 g/mol. The second-order valence-electron chi connectivity index (χ2n) is 11.0. The average Bonchev–Trinajstić information content (AvgIpc) is 3.27. The van der Waals surface area contributed by atoms with Crippen molar-refractivity contribution in [3.63, 3.8) is 0 Å². The van der Waals surface area contributed by atoms with E-state index in [-0.39, 0.29) is 12.2 Å². The van der Waals surface area contributed by atoms with E-state index in [0.29, 0.717) is 56.2 Å². The monoisotopic (exact) mass is 565 g/mol. The number of hydrogen-bond donors (Lipinski definition) is 0. The number of nitrogens with zero attached hydrogens (tertiary/aromatic N) is 5. The van der Waals surface area contributed by atoms with Crippen molar-refractivity contribution in [3.05, 3.63) is 70.6 Å². The lowest BCUT2D eigenvalue weighted by Crippen LogP contribution is -2.49. The number of rotatable bonds is 5. The summed E-state index contributed by atoms with van der Waals surface area (Å²) in [6, 6.07) is 12.4. The van der Waals surface area contributed by atoms with E-state index in [1.807, 2.05) is 18.2 Å². The van der Waals surface area contributed by atoms with E-state index in [2.05, 4.69) is 48.5 Å². The standard InChI is InChI=1S/C30H33ClFN5O3/c1-18-15-35(3)16-26(18)40-30-33-24-14-25(21-8-4-6-20-7-5-9-23(31)27(20)21)39-17-22(24)28(34-30)36-10-12-37(13-11-36)29(38)19(2)32/h4-9,18,25-26H,2,10-17H2,1,3H3. The van der Waals surface area contributed by atoms with Crippen LogP contribution in [0.4, 0.5) is 10.2 Å². The Hall–Kier alpha value is -3.27. The summed E-state index contributed by atoms with van der Waals surface area (Å²) >= 11 is 6.64. The zero-order valence-corrected chi connectivity index (χ0v) is 23.5. The molecule has 0 bridgehead atoms. The molecule has 3 unspecified atom stereocenters. The Morgan fingerprint density at radius 2 is 1.88 bits per heavy atom. The molecule has 3 aliphatic heterocycles. The van der Waals surface area contributed by atoms with E-state index in [1.54, 1.807) is 0 Å². The van der Waals surface area contributed by atoms with Gasteiger partial charge in [-0.05, 0) is 24.1 Å². The lowest BCUT2D eigenvalue weighted by Gasteiger charge is -2.37. The van der Waals surface area contributed by atoms with Gasteiger partial charge in [0.15, 0.2) is 5.83 Å². The van der Waals surface area contributed by atoms with Gasteiger partial charge in [-0.2, -0.15) is 9.97 Å². The number of hydrogen-bond acceptors (Lipinski definition) is 7. The minimum absolute atomic E-state index is 0.00607. The zero-order valence-electron chi connectivity index (χ0n) is 22.8. The van der Waals surface area contributed by atoms with Crippen molar-refractivity contribution in [3.8, 4) is 6.01 Å². The summed E-state index contributed by atoms with van der Waals surface area (Å²) in [7, 11) is 2.09. The van der Waals surface area contributed by atoms with Crippen molar-refractivity contribution in [2.45, 2.75) is 32.2 Å². The molecule has 4 heterocycles. The van der Waals surface area contributed by atoms with E-state index in [0.717, 1.165) is 46.5 Å². The van der Waals surface area contributed by atoms with Gasteiger partial charge >= 0.3 is 6.01 Å². The van der Waals surface area contributed by atoms with Gasteiger partial charge in [0, 0.05) is 67.6 Å². The molecule has 0 aliphatic carbocycles. The Labute approximate surface area is 238 Å². The van der Waals surface area contributed by atoms with Crippen LogP contribution in [0.2, 0.25) is 5.02 Å². The van der Waals surface area contributed by atoms with Gasteiger partial charge < -0.3 is 24.2 Å². The molecule has 1 amide bonds. The zero-order chi connectivity index (χ0) is 28.0. The number of halogens is 2. The summed E-state index contributed by atoms with van der Waals surface area (Å²) < 4.78 is 26.3. The lowest BCUT2D eigenvalue weighted by molar-refractivity contribution is -0.128. The fourth-order valence-corrected chi connectivity index (χ4v) is 6.38. The fraction of sp³-hybridized carbons (Fsp3) is 0.433. The van der Waals surface area contributed by atoms with Crippen LogP contribution in [0.1, 0.15) is 29.8 Å². The molecular formula is C30H33ClFN5O3. The molecule has 3 atom stereocenters. The Morgan fingerprint density at radius 3 is 2.58 bits per heavy atom. The molecule has 0 spiro atoms. The van der Waals surface area contributed by atoms with Crippen LogP contribution in [0.15, 0.2) is 48.8 Å². The summed E-state index contributed by atoms with van der Waals surface area (Å²) in [5.41, 5.74) is 2.83. The molecule has 0 radical (unpaired) electrons. The quantitative estimate of drug-likeness (QED) is 0.420. The molecule has 3 aliphatic rings. The van der Waals surface area contributed by atoms with Crippen molar-refractivity contribution in [1.82, 2.24) is 19.8 Å². The molecule has 2 fully saturated rings. The molecule has 2 aromatic carbocycles. The number of carbonyl (C=O) groups is 1. The third kappa shape index (κ3) is 5.13. The highest BCUT2D eigenvalue weighted by atomic mass is 35.5. The number of aromatic nitrogens is 2. The van der Waals surface area contributed by atoms with Crippen molar-refractivity contribution < 1.29 is 18.7 Å². The first-order valence-electron chi connectivity index (χ1n) is 13.7. The number of likely N-dealkylation sites (N-methyl/N-ethyl adjacent to an activating group) is 1. The maximum absolute atomic E-state index is 13.5. The van der Waals surface area contributed by atoms with Gasteiger partial charge in [0.05, 0.1) is 18.4 Å². The summed E-state index contributed by atoms with van der Waals surface area (Å²) in [6.07, 6.45) is 0.313. The minimum atomic E-state index is -0.938. The van der Waals surface area contributed by atoms with Crippen molar-refractivity contribution in [2.75, 3.05) is 51.2 Å². The van der Waals surface area contributed by atoms with E-state index in [1.165, 1.54) is 4.90 Å². The number of piperazine rings is 1. The van der Waals surface area contributed by atoms with Gasteiger partial charge in [-0.15, -0.1) is 0 Å². The fourth-order valence-electron chi connectivity index (χ4n) is 6.09. The van der Waals surface area contributed by atoms with Crippen LogP contribution in [-0.2, 0) is 22.6 Å². The summed E-state index contributed by atoms with van der Waals surface area (Å²) in [6.45, 7) is 9.19. The summed E-state index contributed by atoms with van der Waals surface area (Å²) in [5, 5.41) is 2.75. The van der Waals surface area contributed by atoms with Gasteiger partial charge in [-0.1, -0.05) is 55.4 Å². The van der Waals surface area contributed by atoms with Crippen LogP contribution in [0, 0.1) is 5.92 Å².